The van der Waals surface area contributed by atoms with Crippen molar-refractivity contribution in [3.63, 3.8) is 0 Å². The first-order valence-electron chi connectivity index (χ1n) is 5.15. The molecule has 14 heavy (non-hydrogen) atoms. The van der Waals surface area contributed by atoms with Gasteiger partial charge in [-0.2, -0.15) is 0 Å². The minimum Gasteiger partial charge on any atom is -0.494 e. The summed E-state index contributed by atoms with van der Waals surface area (Å²) in [5, 5.41) is 0. The molecule has 0 heterocycles. The zero-order valence-electron chi connectivity index (χ0n) is 9.13. The molecular formula is C11H18O3. The topological polar surface area (TPSA) is 27.7 Å². The van der Waals surface area contributed by atoms with E-state index in [-0.39, 0.29) is 0 Å². The molecule has 0 radical (unpaired) electrons. The fourth-order valence-electron chi connectivity index (χ4n) is 1.38. The van der Waals surface area contributed by atoms with Gasteiger partial charge in [-0.05, 0) is 26.8 Å². The number of hydrogen-bond donors (Lipinski definition) is 0. The molecule has 0 saturated heterocycles. The van der Waals surface area contributed by atoms with Crippen LogP contribution in [0.3, 0.4) is 0 Å². The monoisotopic (exact) mass is 198 g/mol. The van der Waals surface area contributed by atoms with E-state index in [0.717, 1.165) is 23.7 Å². The highest BCUT2D eigenvalue weighted by molar-refractivity contribution is 5.31. The molecule has 0 unspecified atom stereocenters. The highest BCUT2D eigenvalue weighted by Gasteiger charge is 2.21. The Kier molecular flexibility index (Phi) is 4.36. The second-order valence-electron chi connectivity index (χ2n) is 2.82. The number of rotatable bonds is 6. The third kappa shape index (κ3) is 2.44. The lowest BCUT2D eigenvalue weighted by Gasteiger charge is -2.12. The van der Waals surface area contributed by atoms with Gasteiger partial charge in [0.05, 0.1) is 19.8 Å². The summed E-state index contributed by atoms with van der Waals surface area (Å²) in [6.45, 7) is 7.84. The molecular weight excluding hydrogens is 180 g/mol. The Morgan fingerprint density at radius 2 is 1.64 bits per heavy atom. The highest BCUT2D eigenvalue weighted by atomic mass is 16.5. The Hall–Kier alpha value is -1.12. The van der Waals surface area contributed by atoms with Gasteiger partial charge < -0.3 is 14.2 Å². The lowest BCUT2D eigenvalue weighted by molar-refractivity contribution is 0.141. The van der Waals surface area contributed by atoms with E-state index >= 15 is 0 Å². The Morgan fingerprint density at radius 3 is 2.21 bits per heavy atom. The number of hydrogen-bond acceptors (Lipinski definition) is 3. The fourth-order valence-corrected chi connectivity index (χ4v) is 1.38. The van der Waals surface area contributed by atoms with Crippen LogP contribution in [0.25, 0.3) is 0 Å². The van der Waals surface area contributed by atoms with Crippen molar-refractivity contribution in [2.45, 2.75) is 27.2 Å². The highest BCUT2D eigenvalue weighted by Crippen LogP contribution is 2.28. The molecule has 0 bridgehead atoms. The van der Waals surface area contributed by atoms with Gasteiger partial charge in [-0.25, -0.2) is 0 Å². The predicted octanol–water partition coefficient (Wildman–Crippen LogP) is 2.60. The van der Waals surface area contributed by atoms with Crippen molar-refractivity contribution in [2.75, 3.05) is 19.8 Å². The second kappa shape index (κ2) is 5.58. The Balaban J connectivity index is 2.69. The van der Waals surface area contributed by atoms with Crippen LogP contribution in [0, 0.1) is 0 Å². The van der Waals surface area contributed by atoms with E-state index in [1.54, 1.807) is 0 Å². The summed E-state index contributed by atoms with van der Waals surface area (Å²) in [6.07, 6.45) is 2.78. The zero-order chi connectivity index (χ0) is 10.4. The van der Waals surface area contributed by atoms with E-state index in [1.165, 1.54) is 0 Å². The molecule has 0 spiro atoms. The van der Waals surface area contributed by atoms with Crippen molar-refractivity contribution < 1.29 is 14.2 Å². The Morgan fingerprint density at radius 1 is 1.00 bits per heavy atom. The van der Waals surface area contributed by atoms with Gasteiger partial charge in [-0.15, -0.1) is 0 Å². The van der Waals surface area contributed by atoms with Crippen molar-refractivity contribution in [2.24, 2.45) is 0 Å². The van der Waals surface area contributed by atoms with Crippen molar-refractivity contribution >= 4 is 0 Å². The molecule has 0 saturated carbocycles. The van der Waals surface area contributed by atoms with Crippen LogP contribution in [-0.4, -0.2) is 19.8 Å². The van der Waals surface area contributed by atoms with Crippen LogP contribution in [0.5, 0.6) is 0 Å². The molecule has 0 aromatic rings. The minimum atomic E-state index is 0.635. The summed E-state index contributed by atoms with van der Waals surface area (Å²) in [7, 11) is 0. The zero-order valence-corrected chi connectivity index (χ0v) is 9.13. The summed E-state index contributed by atoms with van der Waals surface area (Å²) in [6, 6.07) is 0. The summed E-state index contributed by atoms with van der Waals surface area (Å²) in [4.78, 5) is 0. The lowest BCUT2D eigenvalue weighted by atomic mass is 10.4. The van der Waals surface area contributed by atoms with Gasteiger partial charge in [0, 0.05) is 6.42 Å². The first-order valence-corrected chi connectivity index (χ1v) is 5.15. The van der Waals surface area contributed by atoms with E-state index in [2.05, 4.69) is 0 Å². The van der Waals surface area contributed by atoms with E-state index in [1.807, 2.05) is 26.8 Å². The van der Waals surface area contributed by atoms with Crippen LogP contribution < -0.4 is 0 Å². The quantitative estimate of drug-likeness (QED) is 0.656. The van der Waals surface area contributed by atoms with E-state index in [0.29, 0.717) is 19.8 Å². The fraction of sp³-hybridized carbons (Fsp3) is 0.636. The van der Waals surface area contributed by atoms with E-state index in [9.17, 15) is 0 Å². The molecule has 0 N–H and O–H groups in total. The van der Waals surface area contributed by atoms with Crippen molar-refractivity contribution in [1.82, 2.24) is 0 Å². The van der Waals surface area contributed by atoms with Gasteiger partial charge in [0.25, 0.3) is 0 Å². The molecule has 3 heteroatoms. The van der Waals surface area contributed by atoms with Gasteiger partial charge in [-0.3, -0.25) is 0 Å². The van der Waals surface area contributed by atoms with Gasteiger partial charge in [0.2, 0.25) is 0 Å². The Bertz CT molecular complexity index is 241. The average molecular weight is 198 g/mol. The van der Waals surface area contributed by atoms with Crippen LogP contribution >= 0.6 is 0 Å². The van der Waals surface area contributed by atoms with Crippen LogP contribution in [0.2, 0.25) is 0 Å². The second-order valence-corrected chi connectivity index (χ2v) is 2.82. The molecule has 1 aliphatic rings. The number of allylic oxidation sites excluding steroid dienone is 1. The van der Waals surface area contributed by atoms with Gasteiger partial charge in [0.15, 0.2) is 11.5 Å². The first kappa shape index (κ1) is 11.0. The minimum absolute atomic E-state index is 0.635. The van der Waals surface area contributed by atoms with Crippen LogP contribution in [-0.2, 0) is 14.2 Å². The maximum Gasteiger partial charge on any atom is 0.199 e. The van der Waals surface area contributed by atoms with Gasteiger partial charge in [0.1, 0.15) is 5.76 Å². The van der Waals surface area contributed by atoms with E-state index in [4.69, 9.17) is 14.2 Å². The molecule has 0 aromatic carbocycles. The summed E-state index contributed by atoms with van der Waals surface area (Å²) < 4.78 is 16.4. The number of ether oxygens (including phenoxy) is 3. The molecule has 0 fully saturated rings. The molecule has 3 nitrogen and oxygen atoms in total. The predicted molar refractivity (Wildman–Crippen MR) is 54.6 cm³/mol. The van der Waals surface area contributed by atoms with Crippen LogP contribution in [0.4, 0.5) is 0 Å². The third-order valence-corrected chi connectivity index (χ3v) is 1.86. The van der Waals surface area contributed by atoms with Gasteiger partial charge >= 0.3 is 0 Å². The summed E-state index contributed by atoms with van der Waals surface area (Å²) >= 11 is 0. The average Bonchev–Trinajstić information content (AvgIpc) is 2.52. The summed E-state index contributed by atoms with van der Waals surface area (Å²) in [5.41, 5.74) is 0. The molecule has 80 valence electrons. The molecule has 1 aliphatic carbocycles. The largest absolute Gasteiger partial charge is 0.494 e. The van der Waals surface area contributed by atoms with Crippen molar-refractivity contribution in [3.8, 4) is 0 Å². The maximum absolute atomic E-state index is 5.49. The van der Waals surface area contributed by atoms with Crippen LogP contribution in [0.15, 0.2) is 23.4 Å². The van der Waals surface area contributed by atoms with Crippen molar-refractivity contribution in [3.05, 3.63) is 23.4 Å². The maximum atomic E-state index is 5.49. The molecule has 0 amide bonds. The van der Waals surface area contributed by atoms with Crippen LogP contribution in [0.1, 0.15) is 27.2 Å². The third-order valence-electron chi connectivity index (χ3n) is 1.86. The Labute approximate surface area is 85.3 Å². The SMILES string of the molecule is CCOC1=CCC(OCC)=C1OCC. The smallest absolute Gasteiger partial charge is 0.199 e. The van der Waals surface area contributed by atoms with E-state index < -0.39 is 0 Å². The lowest BCUT2D eigenvalue weighted by Crippen LogP contribution is -2.01. The molecule has 1 rings (SSSR count). The first-order chi connectivity index (χ1) is 6.83. The molecule has 0 aromatic heterocycles. The standard InChI is InChI=1S/C11H18O3/c1-4-12-9-7-8-10(13-5-2)11(9)14-6-3/h7H,4-6,8H2,1-3H3. The summed E-state index contributed by atoms with van der Waals surface area (Å²) in [5.74, 6) is 2.48. The van der Waals surface area contributed by atoms with Gasteiger partial charge in [-0.1, -0.05) is 0 Å². The normalized spacial score (nSPS) is 15.5. The molecule has 0 aliphatic heterocycles. The van der Waals surface area contributed by atoms with Crippen molar-refractivity contribution in [1.29, 1.82) is 0 Å². The molecule has 0 atom stereocenters.